The zero-order valence-electron chi connectivity index (χ0n) is 11.4. The lowest BCUT2D eigenvalue weighted by Crippen LogP contribution is -2.16. The van der Waals surface area contributed by atoms with Gasteiger partial charge in [0.15, 0.2) is 0 Å². The van der Waals surface area contributed by atoms with Crippen molar-refractivity contribution in [1.82, 2.24) is 4.98 Å². The molecule has 4 nitrogen and oxygen atoms in total. The SMILES string of the molecule is CCNc1ncc(Br)cc1C(=O)Nc1cccc(C)c1. The third-order valence-electron chi connectivity index (χ3n) is 2.72. The first-order chi connectivity index (χ1) is 9.60. The van der Waals surface area contributed by atoms with Gasteiger partial charge in [-0.3, -0.25) is 4.79 Å². The van der Waals surface area contributed by atoms with Crippen molar-refractivity contribution in [3.05, 3.63) is 52.1 Å². The van der Waals surface area contributed by atoms with Gasteiger partial charge in [0.05, 0.1) is 5.56 Å². The van der Waals surface area contributed by atoms with Crippen molar-refractivity contribution in [3.8, 4) is 0 Å². The van der Waals surface area contributed by atoms with Crippen LogP contribution in [0.25, 0.3) is 0 Å². The topological polar surface area (TPSA) is 54.0 Å². The monoisotopic (exact) mass is 333 g/mol. The summed E-state index contributed by atoms with van der Waals surface area (Å²) in [5, 5.41) is 5.97. The van der Waals surface area contributed by atoms with Gasteiger partial charge in [0.25, 0.3) is 5.91 Å². The highest BCUT2D eigenvalue weighted by molar-refractivity contribution is 9.10. The van der Waals surface area contributed by atoms with Gasteiger partial charge >= 0.3 is 0 Å². The van der Waals surface area contributed by atoms with Crippen LogP contribution in [0.4, 0.5) is 11.5 Å². The molecule has 5 heteroatoms. The van der Waals surface area contributed by atoms with E-state index in [1.807, 2.05) is 38.1 Å². The molecule has 1 aromatic carbocycles. The fourth-order valence-electron chi connectivity index (χ4n) is 1.84. The molecule has 2 aromatic rings. The smallest absolute Gasteiger partial charge is 0.259 e. The lowest BCUT2D eigenvalue weighted by Gasteiger charge is -2.11. The number of aromatic nitrogens is 1. The normalized spacial score (nSPS) is 10.2. The Morgan fingerprint density at radius 3 is 2.85 bits per heavy atom. The number of amides is 1. The Morgan fingerprint density at radius 2 is 2.15 bits per heavy atom. The summed E-state index contributed by atoms with van der Waals surface area (Å²) in [6.07, 6.45) is 1.67. The molecule has 0 aliphatic carbocycles. The van der Waals surface area contributed by atoms with Crippen molar-refractivity contribution < 1.29 is 4.79 Å². The van der Waals surface area contributed by atoms with Crippen molar-refractivity contribution in [2.75, 3.05) is 17.2 Å². The largest absolute Gasteiger partial charge is 0.370 e. The van der Waals surface area contributed by atoms with E-state index >= 15 is 0 Å². The molecule has 2 rings (SSSR count). The summed E-state index contributed by atoms with van der Waals surface area (Å²) in [6, 6.07) is 9.45. The molecule has 0 unspecified atom stereocenters. The maximum Gasteiger partial charge on any atom is 0.259 e. The number of anilines is 2. The van der Waals surface area contributed by atoms with Crippen molar-refractivity contribution in [2.45, 2.75) is 13.8 Å². The predicted molar refractivity (Wildman–Crippen MR) is 85.2 cm³/mol. The Hall–Kier alpha value is -1.88. The lowest BCUT2D eigenvalue weighted by atomic mass is 10.2. The number of carbonyl (C=O) groups excluding carboxylic acids is 1. The van der Waals surface area contributed by atoms with E-state index in [2.05, 4.69) is 31.5 Å². The van der Waals surface area contributed by atoms with Gasteiger partial charge < -0.3 is 10.6 Å². The van der Waals surface area contributed by atoms with Gasteiger partial charge in [-0.05, 0) is 53.5 Å². The van der Waals surface area contributed by atoms with E-state index < -0.39 is 0 Å². The van der Waals surface area contributed by atoms with Crippen molar-refractivity contribution in [1.29, 1.82) is 0 Å². The molecule has 0 radical (unpaired) electrons. The Kier molecular flexibility index (Phi) is 4.74. The molecular formula is C15H16BrN3O. The van der Waals surface area contributed by atoms with E-state index in [0.717, 1.165) is 15.7 Å². The zero-order chi connectivity index (χ0) is 14.5. The quantitative estimate of drug-likeness (QED) is 0.893. The minimum atomic E-state index is -0.180. The van der Waals surface area contributed by atoms with Crippen LogP contribution in [-0.2, 0) is 0 Å². The molecule has 0 bridgehead atoms. The molecule has 104 valence electrons. The number of benzene rings is 1. The molecule has 1 heterocycles. The van der Waals surface area contributed by atoms with Gasteiger partial charge in [-0.2, -0.15) is 0 Å². The zero-order valence-corrected chi connectivity index (χ0v) is 13.0. The Labute approximate surface area is 126 Å². The van der Waals surface area contributed by atoms with Gasteiger partial charge in [-0.1, -0.05) is 12.1 Å². The van der Waals surface area contributed by atoms with Crippen LogP contribution in [-0.4, -0.2) is 17.4 Å². The van der Waals surface area contributed by atoms with Crippen LogP contribution < -0.4 is 10.6 Å². The van der Waals surface area contributed by atoms with Gasteiger partial charge in [-0.15, -0.1) is 0 Å². The average Bonchev–Trinajstić information content (AvgIpc) is 2.41. The fourth-order valence-corrected chi connectivity index (χ4v) is 2.17. The molecule has 0 aliphatic rings. The summed E-state index contributed by atoms with van der Waals surface area (Å²) in [6.45, 7) is 4.66. The summed E-state index contributed by atoms with van der Waals surface area (Å²) in [5.74, 6) is 0.404. The number of hydrogen-bond donors (Lipinski definition) is 2. The van der Waals surface area contributed by atoms with Crippen LogP contribution in [0.15, 0.2) is 41.0 Å². The third kappa shape index (κ3) is 3.57. The Balaban J connectivity index is 2.26. The number of nitrogens with one attached hydrogen (secondary N) is 2. The van der Waals surface area contributed by atoms with E-state index in [1.165, 1.54) is 0 Å². The number of aryl methyl sites for hydroxylation is 1. The number of hydrogen-bond acceptors (Lipinski definition) is 3. The average molecular weight is 334 g/mol. The van der Waals surface area contributed by atoms with Gasteiger partial charge in [0.2, 0.25) is 0 Å². The number of nitrogens with zero attached hydrogens (tertiary/aromatic N) is 1. The molecule has 0 saturated heterocycles. The highest BCUT2D eigenvalue weighted by atomic mass is 79.9. The van der Waals surface area contributed by atoms with Gasteiger partial charge in [0.1, 0.15) is 5.82 Å². The second-order valence-corrected chi connectivity index (χ2v) is 5.32. The molecule has 0 fully saturated rings. The van der Waals surface area contributed by atoms with Gasteiger partial charge in [-0.25, -0.2) is 4.98 Å². The van der Waals surface area contributed by atoms with Crippen LogP contribution in [0, 0.1) is 6.92 Å². The van der Waals surface area contributed by atoms with Crippen LogP contribution in [0.1, 0.15) is 22.8 Å². The summed E-state index contributed by atoms with van der Waals surface area (Å²) < 4.78 is 0.772. The number of pyridine rings is 1. The van der Waals surface area contributed by atoms with E-state index in [4.69, 9.17) is 0 Å². The first-order valence-corrected chi connectivity index (χ1v) is 7.17. The Bertz CT molecular complexity index is 628. The molecule has 2 N–H and O–H groups in total. The number of rotatable bonds is 4. The second-order valence-electron chi connectivity index (χ2n) is 4.40. The minimum absolute atomic E-state index is 0.180. The molecule has 20 heavy (non-hydrogen) atoms. The minimum Gasteiger partial charge on any atom is -0.370 e. The standard InChI is InChI=1S/C15H16BrN3O/c1-3-17-14-13(8-11(16)9-18-14)15(20)19-12-6-4-5-10(2)7-12/h4-9H,3H2,1-2H3,(H,17,18)(H,19,20). The van der Waals surface area contributed by atoms with Crippen molar-refractivity contribution >= 4 is 33.3 Å². The van der Waals surface area contributed by atoms with E-state index in [0.29, 0.717) is 17.9 Å². The molecule has 1 amide bonds. The lowest BCUT2D eigenvalue weighted by molar-refractivity contribution is 0.102. The maximum atomic E-state index is 12.4. The molecule has 0 aliphatic heterocycles. The van der Waals surface area contributed by atoms with Crippen LogP contribution >= 0.6 is 15.9 Å². The second kappa shape index (κ2) is 6.52. The molecule has 1 aromatic heterocycles. The van der Waals surface area contributed by atoms with E-state index in [-0.39, 0.29) is 5.91 Å². The number of carbonyl (C=O) groups is 1. The van der Waals surface area contributed by atoms with Crippen LogP contribution in [0.2, 0.25) is 0 Å². The number of halogens is 1. The van der Waals surface area contributed by atoms with E-state index in [9.17, 15) is 4.79 Å². The predicted octanol–water partition coefficient (Wildman–Crippen LogP) is 3.84. The summed E-state index contributed by atoms with van der Waals surface area (Å²) in [4.78, 5) is 16.6. The maximum absolute atomic E-state index is 12.4. The molecule has 0 spiro atoms. The van der Waals surface area contributed by atoms with Crippen LogP contribution in [0.3, 0.4) is 0 Å². The van der Waals surface area contributed by atoms with Gasteiger partial charge in [0, 0.05) is 22.9 Å². The first kappa shape index (κ1) is 14.5. The highest BCUT2D eigenvalue weighted by Gasteiger charge is 2.13. The summed E-state index contributed by atoms with van der Waals surface area (Å²) in [7, 11) is 0. The molecule has 0 saturated carbocycles. The highest BCUT2D eigenvalue weighted by Crippen LogP contribution is 2.20. The third-order valence-corrected chi connectivity index (χ3v) is 3.15. The summed E-state index contributed by atoms with van der Waals surface area (Å²) in [5.41, 5.74) is 2.39. The van der Waals surface area contributed by atoms with Crippen molar-refractivity contribution in [3.63, 3.8) is 0 Å². The fraction of sp³-hybridized carbons (Fsp3) is 0.200. The van der Waals surface area contributed by atoms with Crippen molar-refractivity contribution in [2.24, 2.45) is 0 Å². The molecule has 0 atom stereocenters. The first-order valence-electron chi connectivity index (χ1n) is 6.37. The Morgan fingerprint density at radius 1 is 1.35 bits per heavy atom. The molecular weight excluding hydrogens is 318 g/mol. The summed E-state index contributed by atoms with van der Waals surface area (Å²) >= 11 is 3.34. The van der Waals surface area contributed by atoms with E-state index in [1.54, 1.807) is 12.3 Å². The van der Waals surface area contributed by atoms with Crippen LogP contribution in [0.5, 0.6) is 0 Å².